The fourth-order valence-electron chi connectivity index (χ4n) is 4.17. The van der Waals surface area contributed by atoms with Gasteiger partial charge < -0.3 is 14.6 Å². The number of hydrogen-bond donors (Lipinski definition) is 1. The van der Waals surface area contributed by atoms with E-state index in [0.717, 1.165) is 29.4 Å². The average Bonchev–Trinajstić information content (AvgIpc) is 3.33. The maximum absolute atomic E-state index is 13.4. The number of aryl methyl sites for hydroxylation is 1. The molecule has 4 aromatic rings. The van der Waals surface area contributed by atoms with Crippen LogP contribution in [0.15, 0.2) is 76.6 Å². The van der Waals surface area contributed by atoms with Crippen molar-refractivity contribution in [2.24, 2.45) is 0 Å². The summed E-state index contributed by atoms with van der Waals surface area (Å²) in [5, 5.41) is 2.84. The molecule has 0 atom stereocenters. The van der Waals surface area contributed by atoms with Gasteiger partial charge in [-0.05, 0) is 30.4 Å². The average molecular weight is 490 g/mol. The molecule has 0 aliphatic rings. The Bertz CT molecular complexity index is 1410. The van der Waals surface area contributed by atoms with Gasteiger partial charge in [0.05, 0.1) is 19.5 Å². The number of carbonyl (C=O) groups is 1. The van der Waals surface area contributed by atoms with Gasteiger partial charge in [-0.2, -0.15) is 0 Å². The number of unbranched alkanes of at least 4 members (excludes halogenated alkanes) is 1. The highest BCUT2D eigenvalue weighted by Gasteiger charge is 2.20. The molecule has 0 fully saturated rings. The second kappa shape index (κ2) is 12.1. The Kier molecular flexibility index (Phi) is 8.46. The van der Waals surface area contributed by atoms with E-state index >= 15 is 0 Å². The lowest BCUT2D eigenvalue weighted by molar-refractivity contribution is -0.121. The van der Waals surface area contributed by atoms with Gasteiger partial charge in [-0.1, -0.05) is 60.7 Å². The number of aromatic nitrogens is 4. The minimum Gasteiger partial charge on any atom is -0.383 e. The van der Waals surface area contributed by atoms with Crippen molar-refractivity contribution in [2.45, 2.75) is 38.9 Å². The zero-order chi connectivity index (χ0) is 25.3. The Labute approximate surface area is 209 Å². The van der Waals surface area contributed by atoms with Gasteiger partial charge >= 0.3 is 5.69 Å². The second-order valence-electron chi connectivity index (χ2n) is 8.64. The largest absolute Gasteiger partial charge is 0.383 e. The van der Waals surface area contributed by atoms with Gasteiger partial charge in [0.1, 0.15) is 6.54 Å². The van der Waals surface area contributed by atoms with Crippen LogP contribution in [-0.2, 0) is 35.6 Å². The highest BCUT2D eigenvalue weighted by molar-refractivity contribution is 5.76. The number of nitrogens with one attached hydrogen (secondary N) is 1. The Balaban J connectivity index is 1.53. The number of amides is 1. The third-order valence-electron chi connectivity index (χ3n) is 6.06. The first-order chi connectivity index (χ1) is 17.6. The molecule has 0 bridgehead atoms. The molecule has 1 N–H and O–H groups in total. The second-order valence-corrected chi connectivity index (χ2v) is 8.64. The Morgan fingerprint density at radius 1 is 0.944 bits per heavy atom. The lowest BCUT2D eigenvalue weighted by Gasteiger charge is -2.13. The summed E-state index contributed by atoms with van der Waals surface area (Å²) >= 11 is 0. The topological polar surface area (TPSA) is 100 Å². The van der Waals surface area contributed by atoms with Crippen LogP contribution in [0.5, 0.6) is 0 Å². The fourth-order valence-corrected chi connectivity index (χ4v) is 4.17. The third-order valence-corrected chi connectivity index (χ3v) is 6.06. The van der Waals surface area contributed by atoms with E-state index in [2.05, 4.69) is 22.4 Å². The minimum absolute atomic E-state index is 0.235. The molecule has 2 heterocycles. The normalized spacial score (nSPS) is 11.1. The van der Waals surface area contributed by atoms with Crippen molar-refractivity contribution in [3.8, 4) is 0 Å². The summed E-state index contributed by atoms with van der Waals surface area (Å²) in [5.74, 6) is -0.373. The van der Waals surface area contributed by atoms with Gasteiger partial charge in [-0.3, -0.25) is 14.2 Å². The third kappa shape index (κ3) is 5.98. The summed E-state index contributed by atoms with van der Waals surface area (Å²) < 4.78 is 9.26. The van der Waals surface area contributed by atoms with Crippen LogP contribution < -0.4 is 16.6 Å². The number of carbonyl (C=O) groups excluding carboxylic acids is 1. The molecule has 188 valence electrons. The van der Waals surface area contributed by atoms with Crippen LogP contribution in [-0.4, -0.2) is 44.9 Å². The minimum atomic E-state index is -0.562. The number of benzene rings is 2. The molecule has 0 aliphatic carbocycles. The van der Waals surface area contributed by atoms with E-state index in [1.165, 1.54) is 16.5 Å². The monoisotopic (exact) mass is 489 g/mol. The summed E-state index contributed by atoms with van der Waals surface area (Å²) in [6.07, 6.45) is 4.20. The number of hydrogen-bond acceptors (Lipinski definition) is 5. The maximum atomic E-state index is 13.4. The van der Waals surface area contributed by atoms with E-state index in [1.54, 1.807) is 11.7 Å². The number of ether oxygens (including phenoxy) is 1. The first-order valence-electron chi connectivity index (χ1n) is 12.1. The SMILES string of the molecule is COCCn1cnc2c1c(=O)n(CC(=O)NCCCCc1ccccc1)c(=O)n2Cc1ccccc1. The van der Waals surface area contributed by atoms with Crippen molar-refractivity contribution < 1.29 is 9.53 Å². The van der Waals surface area contributed by atoms with Crippen molar-refractivity contribution in [3.63, 3.8) is 0 Å². The Hall–Kier alpha value is -3.98. The molecule has 1 amide bonds. The van der Waals surface area contributed by atoms with Crippen LogP contribution in [0, 0.1) is 0 Å². The number of nitrogens with zero attached hydrogens (tertiary/aromatic N) is 4. The molecule has 9 nitrogen and oxygen atoms in total. The molecule has 2 aromatic carbocycles. The lowest BCUT2D eigenvalue weighted by Crippen LogP contribution is -2.44. The number of methoxy groups -OCH3 is 1. The lowest BCUT2D eigenvalue weighted by atomic mass is 10.1. The van der Waals surface area contributed by atoms with Gasteiger partial charge in [0.15, 0.2) is 11.2 Å². The van der Waals surface area contributed by atoms with Crippen molar-refractivity contribution in [3.05, 3.63) is 99.0 Å². The predicted octanol–water partition coefficient (Wildman–Crippen LogP) is 2.19. The van der Waals surface area contributed by atoms with E-state index in [9.17, 15) is 14.4 Å². The maximum Gasteiger partial charge on any atom is 0.333 e. The molecule has 0 aliphatic heterocycles. The molecular weight excluding hydrogens is 458 g/mol. The van der Waals surface area contributed by atoms with E-state index in [-0.39, 0.29) is 24.5 Å². The highest BCUT2D eigenvalue weighted by atomic mass is 16.5. The van der Waals surface area contributed by atoms with Crippen molar-refractivity contribution >= 4 is 17.1 Å². The first-order valence-corrected chi connectivity index (χ1v) is 12.1. The van der Waals surface area contributed by atoms with Crippen LogP contribution in [0.4, 0.5) is 0 Å². The molecule has 2 aromatic heterocycles. The molecular formula is C27H31N5O4. The molecule has 0 saturated heterocycles. The molecule has 0 unspecified atom stereocenters. The van der Waals surface area contributed by atoms with E-state index < -0.39 is 11.2 Å². The molecule has 4 rings (SSSR count). The summed E-state index contributed by atoms with van der Waals surface area (Å²) in [7, 11) is 1.58. The summed E-state index contributed by atoms with van der Waals surface area (Å²) in [6, 6.07) is 19.6. The molecule has 36 heavy (non-hydrogen) atoms. The van der Waals surface area contributed by atoms with Crippen LogP contribution >= 0.6 is 0 Å². The number of imidazole rings is 1. The molecule has 0 saturated carbocycles. The van der Waals surface area contributed by atoms with Crippen LogP contribution in [0.25, 0.3) is 11.2 Å². The van der Waals surface area contributed by atoms with E-state index in [1.807, 2.05) is 48.5 Å². The standard InChI is InChI=1S/C27H31N5O4/c1-36-17-16-30-20-29-25-24(30)26(34)32(27(35)31(25)18-22-13-6-3-7-14-22)19-23(33)28-15-9-8-12-21-10-4-2-5-11-21/h2-7,10-11,13-14,20H,8-9,12,15-19H2,1H3,(H,28,33). The van der Waals surface area contributed by atoms with Crippen molar-refractivity contribution in [1.82, 2.24) is 24.0 Å². The van der Waals surface area contributed by atoms with Crippen LogP contribution in [0.2, 0.25) is 0 Å². The Morgan fingerprint density at radius 2 is 1.64 bits per heavy atom. The van der Waals surface area contributed by atoms with E-state index in [4.69, 9.17) is 4.74 Å². The summed E-state index contributed by atoms with van der Waals surface area (Å²) in [6.45, 7) is 1.15. The molecule has 0 spiro atoms. The first kappa shape index (κ1) is 25.1. The van der Waals surface area contributed by atoms with Crippen molar-refractivity contribution in [1.29, 1.82) is 0 Å². The number of fused-ring (bicyclic) bond motifs is 1. The summed E-state index contributed by atoms with van der Waals surface area (Å²) in [5.41, 5.74) is 1.62. The van der Waals surface area contributed by atoms with Gasteiger partial charge in [0.2, 0.25) is 5.91 Å². The van der Waals surface area contributed by atoms with Crippen LogP contribution in [0.3, 0.4) is 0 Å². The zero-order valence-corrected chi connectivity index (χ0v) is 20.4. The van der Waals surface area contributed by atoms with Crippen LogP contribution in [0.1, 0.15) is 24.0 Å². The van der Waals surface area contributed by atoms with Gasteiger partial charge in [0, 0.05) is 20.2 Å². The van der Waals surface area contributed by atoms with E-state index in [0.29, 0.717) is 25.3 Å². The smallest absolute Gasteiger partial charge is 0.333 e. The molecule has 0 radical (unpaired) electrons. The zero-order valence-electron chi connectivity index (χ0n) is 20.4. The quantitative estimate of drug-likeness (QED) is 0.308. The van der Waals surface area contributed by atoms with Gasteiger partial charge in [-0.25, -0.2) is 14.3 Å². The predicted molar refractivity (Wildman–Crippen MR) is 138 cm³/mol. The highest BCUT2D eigenvalue weighted by Crippen LogP contribution is 2.10. The fraction of sp³-hybridized carbons (Fsp3) is 0.333. The Morgan fingerprint density at radius 3 is 2.33 bits per heavy atom. The summed E-state index contributed by atoms with van der Waals surface area (Å²) in [4.78, 5) is 43.8. The van der Waals surface area contributed by atoms with Gasteiger partial charge in [0.25, 0.3) is 5.56 Å². The van der Waals surface area contributed by atoms with Crippen molar-refractivity contribution in [2.75, 3.05) is 20.3 Å². The molecule has 9 heteroatoms. The number of rotatable bonds is 12. The van der Waals surface area contributed by atoms with Gasteiger partial charge in [-0.15, -0.1) is 0 Å².